The number of hydrogen-bond donors (Lipinski definition) is 2. The van der Waals surface area contributed by atoms with Crippen molar-refractivity contribution in [2.45, 2.75) is 20.5 Å². The molecule has 3 rings (SSSR count). The van der Waals surface area contributed by atoms with Gasteiger partial charge in [-0.25, -0.2) is 4.68 Å². The van der Waals surface area contributed by atoms with E-state index in [-0.39, 0.29) is 18.2 Å². The second-order valence-electron chi connectivity index (χ2n) is 6.28. The first-order valence-electron chi connectivity index (χ1n) is 8.67. The third-order valence-electron chi connectivity index (χ3n) is 3.97. The third kappa shape index (κ3) is 4.41. The van der Waals surface area contributed by atoms with Crippen molar-refractivity contribution in [1.82, 2.24) is 15.0 Å². The smallest absolute Gasteiger partial charge is 0.278 e. The Balaban J connectivity index is 1.84. The highest BCUT2D eigenvalue weighted by atomic mass is 16.5. The van der Waals surface area contributed by atoms with Crippen molar-refractivity contribution < 1.29 is 14.3 Å². The zero-order valence-corrected chi connectivity index (χ0v) is 15.9. The van der Waals surface area contributed by atoms with E-state index in [1.165, 1.54) is 6.92 Å². The average Bonchev–Trinajstić information content (AvgIpc) is 3.07. The van der Waals surface area contributed by atoms with Crippen LogP contribution >= 0.6 is 0 Å². The average molecular weight is 379 g/mol. The van der Waals surface area contributed by atoms with Gasteiger partial charge in [0.05, 0.1) is 12.3 Å². The second-order valence-corrected chi connectivity index (χ2v) is 6.28. The fourth-order valence-electron chi connectivity index (χ4n) is 2.74. The van der Waals surface area contributed by atoms with E-state index < -0.39 is 5.91 Å². The number of ether oxygens (including phenoxy) is 1. The molecule has 144 valence electrons. The summed E-state index contributed by atoms with van der Waals surface area (Å²) in [4.78, 5) is 23.8. The third-order valence-corrected chi connectivity index (χ3v) is 3.97. The molecular formula is C20H21N5O3. The number of aryl methyl sites for hydroxylation is 1. The van der Waals surface area contributed by atoms with Gasteiger partial charge in [-0.1, -0.05) is 17.3 Å². The summed E-state index contributed by atoms with van der Waals surface area (Å²) in [5.41, 5.74) is 3.85. The SMILES string of the molecule is COCc1c(C(=O)Nc2ccc(NC(C)=O)cc2)nnn1-c1cccc(C)c1. The van der Waals surface area contributed by atoms with Crippen LogP contribution in [-0.4, -0.2) is 33.9 Å². The van der Waals surface area contributed by atoms with Crippen molar-refractivity contribution in [1.29, 1.82) is 0 Å². The summed E-state index contributed by atoms with van der Waals surface area (Å²) in [7, 11) is 1.55. The van der Waals surface area contributed by atoms with Gasteiger partial charge in [0.25, 0.3) is 5.91 Å². The summed E-state index contributed by atoms with van der Waals surface area (Å²) in [6.07, 6.45) is 0. The van der Waals surface area contributed by atoms with Crippen LogP contribution in [0.25, 0.3) is 5.69 Å². The minimum absolute atomic E-state index is 0.159. The zero-order chi connectivity index (χ0) is 20.1. The van der Waals surface area contributed by atoms with Crippen LogP contribution in [0.4, 0.5) is 11.4 Å². The Morgan fingerprint density at radius 1 is 1.07 bits per heavy atom. The fraction of sp³-hybridized carbons (Fsp3) is 0.200. The number of amides is 2. The monoisotopic (exact) mass is 379 g/mol. The molecule has 0 atom stereocenters. The molecule has 0 aliphatic heterocycles. The lowest BCUT2D eigenvalue weighted by Crippen LogP contribution is -2.16. The Labute approximate surface area is 162 Å². The van der Waals surface area contributed by atoms with Crippen LogP contribution in [0.5, 0.6) is 0 Å². The summed E-state index contributed by atoms with van der Waals surface area (Å²) in [5, 5.41) is 13.7. The summed E-state index contributed by atoms with van der Waals surface area (Å²) in [6, 6.07) is 14.6. The van der Waals surface area contributed by atoms with Crippen molar-refractivity contribution in [2.75, 3.05) is 17.7 Å². The van der Waals surface area contributed by atoms with Gasteiger partial charge in [-0.3, -0.25) is 9.59 Å². The first kappa shape index (κ1) is 19.2. The number of carbonyl (C=O) groups excluding carboxylic acids is 2. The predicted octanol–water partition coefficient (Wildman–Crippen LogP) is 2.93. The molecule has 3 aromatic rings. The molecule has 0 saturated heterocycles. The van der Waals surface area contributed by atoms with E-state index >= 15 is 0 Å². The summed E-state index contributed by atoms with van der Waals surface area (Å²) in [6.45, 7) is 3.60. The maximum atomic E-state index is 12.7. The highest BCUT2D eigenvalue weighted by Crippen LogP contribution is 2.18. The van der Waals surface area contributed by atoms with Gasteiger partial charge < -0.3 is 15.4 Å². The molecule has 1 heterocycles. The number of methoxy groups -OCH3 is 1. The second kappa shape index (κ2) is 8.45. The molecule has 0 unspecified atom stereocenters. The van der Waals surface area contributed by atoms with Crippen LogP contribution < -0.4 is 10.6 Å². The van der Waals surface area contributed by atoms with Crippen molar-refractivity contribution in [3.05, 3.63) is 65.5 Å². The van der Waals surface area contributed by atoms with Crippen molar-refractivity contribution in [2.24, 2.45) is 0 Å². The summed E-state index contributed by atoms with van der Waals surface area (Å²) in [5.74, 6) is -0.549. The van der Waals surface area contributed by atoms with Crippen LogP contribution in [0.3, 0.4) is 0 Å². The van der Waals surface area contributed by atoms with Gasteiger partial charge in [0.1, 0.15) is 5.69 Å². The highest BCUT2D eigenvalue weighted by molar-refractivity contribution is 6.03. The molecule has 2 amide bonds. The van der Waals surface area contributed by atoms with E-state index in [1.807, 2.05) is 31.2 Å². The van der Waals surface area contributed by atoms with Gasteiger partial charge in [0.2, 0.25) is 5.91 Å². The van der Waals surface area contributed by atoms with E-state index in [0.29, 0.717) is 17.1 Å². The number of carbonyl (C=O) groups is 2. The predicted molar refractivity (Wildman–Crippen MR) is 106 cm³/mol. The van der Waals surface area contributed by atoms with Gasteiger partial charge in [0, 0.05) is 25.4 Å². The number of rotatable bonds is 6. The number of anilines is 2. The number of nitrogens with one attached hydrogen (secondary N) is 2. The fourth-order valence-corrected chi connectivity index (χ4v) is 2.74. The first-order chi connectivity index (χ1) is 13.5. The normalized spacial score (nSPS) is 10.5. The van der Waals surface area contributed by atoms with E-state index in [9.17, 15) is 9.59 Å². The van der Waals surface area contributed by atoms with Crippen LogP contribution in [-0.2, 0) is 16.1 Å². The minimum atomic E-state index is -0.391. The van der Waals surface area contributed by atoms with E-state index in [2.05, 4.69) is 20.9 Å². The van der Waals surface area contributed by atoms with Gasteiger partial charge in [-0.15, -0.1) is 5.10 Å². The van der Waals surface area contributed by atoms with Crippen molar-refractivity contribution >= 4 is 23.2 Å². The quantitative estimate of drug-likeness (QED) is 0.686. The summed E-state index contributed by atoms with van der Waals surface area (Å²) >= 11 is 0. The number of aromatic nitrogens is 3. The Hall–Kier alpha value is -3.52. The van der Waals surface area contributed by atoms with E-state index in [4.69, 9.17) is 4.74 Å². The molecular weight excluding hydrogens is 358 g/mol. The van der Waals surface area contributed by atoms with Crippen LogP contribution in [0.1, 0.15) is 28.7 Å². The maximum absolute atomic E-state index is 12.7. The van der Waals surface area contributed by atoms with E-state index in [1.54, 1.807) is 36.1 Å². The number of nitrogens with zero attached hydrogens (tertiary/aromatic N) is 3. The molecule has 28 heavy (non-hydrogen) atoms. The Kier molecular flexibility index (Phi) is 5.81. The minimum Gasteiger partial charge on any atom is -0.378 e. The molecule has 0 saturated carbocycles. The summed E-state index contributed by atoms with van der Waals surface area (Å²) < 4.78 is 6.85. The van der Waals surface area contributed by atoms with Crippen molar-refractivity contribution in [3.63, 3.8) is 0 Å². The number of hydrogen-bond acceptors (Lipinski definition) is 5. The molecule has 0 spiro atoms. The van der Waals surface area contributed by atoms with Gasteiger partial charge in [-0.2, -0.15) is 0 Å². The topological polar surface area (TPSA) is 98.1 Å². The van der Waals surface area contributed by atoms with E-state index in [0.717, 1.165) is 11.3 Å². The Bertz CT molecular complexity index is 995. The Morgan fingerprint density at radius 2 is 1.75 bits per heavy atom. The standard InChI is InChI=1S/C20H21N5O3/c1-13-5-4-6-17(11-13)25-18(12-28-3)19(23-24-25)20(27)22-16-9-7-15(8-10-16)21-14(2)26/h4-11H,12H2,1-3H3,(H,21,26)(H,22,27). The first-order valence-corrected chi connectivity index (χ1v) is 8.67. The van der Waals surface area contributed by atoms with Gasteiger partial charge in [0.15, 0.2) is 5.69 Å². The van der Waals surface area contributed by atoms with Crippen LogP contribution in [0.15, 0.2) is 48.5 Å². The molecule has 2 N–H and O–H groups in total. The maximum Gasteiger partial charge on any atom is 0.278 e. The molecule has 1 aromatic heterocycles. The van der Waals surface area contributed by atoms with Gasteiger partial charge in [-0.05, 0) is 48.9 Å². The number of benzene rings is 2. The zero-order valence-electron chi connectivity index (χ0n) is 15.9. The molecule has 0 bridgehead atoms. The molecule has 0 aliphatic rings. The molecule has 2 aromatic carbocycles. The lowest BCUT2D eigenvalue weighted by atomic mass is 10.2. The lowest BCUT2D eigenvalue weighted by molar-refractivity contribution is -0.114. The highest BCUT2D eigenvalue weighted by Gasteiger charge is 2.21. The largest absolute Gasteiger partial charge is 0.378 e. The van der Waals surface area contributed by atoms with Crippen LogP contribution in [0, 0.1) is 6.92 Å². The molecule has 0 radical (unpaired) electrons. The molecule has 8 nitrogen and oxygen atoms in total. The lowest BCUT2D eigenvalue weighted by Gasteiger charge is -2.09. The van der Waals surface area contributed by atoms with Gasteiger partial charge >= 0.3 is 0 Å². The molecule has 0 aliphatic carbocycles. The molecule has 8 heteroatoms. The van der Waals surface area contributed by atoms with Crippen molar-refractivity contribution in [3.8, 4) is 5.69 Å². The molecule has 0 fully saturated rings. The Morgan fingerprint density at radius 3 is 2.36 bits per heavy atom. The van der Waals surface area contributed by atoms with Crippen LogP contribution in [0.2, 0.25) is 0 Å².